The molecular formula is C15H13ClFNO2. The van der Waals surface area contributed by atoms with Crippen LogP contribution >= 0.6 is 11.6 Å². The van der Waals surface area contributed by atoms with E-state index in [1.807, 2.05) is 0 Å². The van der Waals surface area contributed by atoms with E-state index in [1.165, 1.54) is 25.3 Å². The van der Waals surface area contributed by atoms with E-state index in [4.69, 9.17) is 17.3 Å². The molecule has 0 aliphatic rings. The molecule has 0 aromatic heterocycles. The first-order valence-corrected chi connectivity index (χ1v) is 6.26. The molecule has 3 nitrogen and oxygen atoms in total. The number of carbonyl (C=O) groups excluding carboxylic acids is 1. The maximum atomic E-state index is 13.0. The smallest absolute Gasteiger partial charge is 0.340 e. The Kier molecular flexibility index (Phi) is 3.95. The van der Waals surface area contributed by atoms with Crippen LogP contribution in [0.3, 0.4) is 0 Å². The number of anilines is 1. The minimum Gasteiger partial charge on any atom is -0.465 e. The topological polar surface area (TPSA) is 52.3 Å². The standard InChI is InChI=1S/C15H13ClFNO2/c1-8-13(9-3-5-10(17)6-4-9)12(16)7-11(14(8)18)15(19)20-2/h3-7H,18H2,1-2H3. The fourth-order valence-corrected chi connectivity index (χ4v) is 2.40. The minimum absolute atomic E-state index is 0.223. The Morgan fingerprint density at radius 2 is 1.90 bits per heavy atom. The summed E-state index contributed by atoms with van der Waals surface area (Å²) in [5.74, 6) is -0.875. The highest BCUT2D eigenvalue weighted by atomic mass is 35.5. The number of rotatable bonds is 2. The van der Waals surface area contributed by atoms with Crippen LogP contribution in [0.1, 0.15) is 15.9 Å². The van der Waals surface area contributed by atoms with E-state index in [-0.39, 0.29) is 11.4 Å². The summed E-state index contributed by atoms with van der Waals surface area (Å²) in [5, 5.41) is 0.365. The number of nitrogens with two attached hydrogens (primary N) is 1. The zero-order valence-corrected chi connectivity index (χ0v) is 11.8. The van der Waals surface area contributed by atoms with Crippen molar-refractivity contribution in [3.05, 3.63) is 52.3 Å². The Morgan fingerprint density at radius 3 is 2.45 bits per heavy atom. The first kappa shape index (κ1) is 14.3. The van der Waals surface area contributed by atoms with Gasteiger partial charge in [-0.25, -0.2) is 9.18 Å². The van der Waals surface area contributed by atoms with Crippen LogP contribution in [0.25, 0.3) is 11.1 Å². The van der Waals surface area contributed by atoms with Gasteiger partial charge in [-0.15, -0.1) is 0 Å². The Hall–Kier alpha value is -2.07. The highest BCUT2D eigenvalue weighted by Crippen LogP contribution is 2.36. The highest BCUT2D eigenvalue weighted by molar-refractivity contribution is 6.34. The van der Waals surface area contributed by atoms with Crippen molar-refractivity contribution >= 4 is 23.3 Å². The lowest BCUT2D eigenvalue weighted by Gasteiger charge is -2.14. The summed E-state index contributed by atoms with van der Waals surface area (Å²) in [5.41, 5.74) is 8.56. The quantitative estimate of drug-likeness (QED) is 0.676. The lowest BCUT2D eigenvalue weighted by molar-refractivity contribution is 0.0602. The lowest BCUT2D eigenvalue weighted by Crippen LogP contribution is -2.08. The number of carbonyl (C=O) groups is 1. The zero-order chi connectivity index (χ0) is 14.9. The summed E-state index contributed by atoms with van der Waals surface area (Å²) in [6.07, 6.45) is 0. The summed E-state index contributed by atoms with van der Waals surface area (Å²) >= 11 is 6.22. The predicted octanol–water partition coefficient (Wildman–Crippen LogP) is 3.82. The van der Waals surface area contributed by atoms with E-state index < -0.39 is 5.97 Å². The molecule has 2 aromatic rings. The molecule has 0 atom stereocenters. The summed E-state index contributed by atoms with van der Waals surface area (Å²) < 4.78 is 17.6. The van der Waals surface area contributed by atoms with Gasteiger partial charge in [0.25, 0.3) is 0 Å². The van der Waals surface area contributed by atoms with Gasteiger partial charge in [-0.3, -0.25) is 0 Å². The molecule has 2 rings (SSSR count). The van der Waals surface area contributed by atoms with Crippen LogP contribution in [0.2, 0.25) is 5.02 Å². The molecule has 0 fully saturated rings. The highest BCUT2D eigenvalue weighted by Gasteiger charge is 2.18. The fraction of sp³-hybridized carbons (Fsp3) is 0.133. The molecule has 2 N–H and O–H groups in total. The van der Waals surface area contributed by atoms with E-state index in [1.54, 1.807) is 19.1 Å². The molecule has 0 amide bonds. The third-order valence-electron chi connectivity index (χ3n) is 3.12. The van der Waals surface area contributed by atoms with Crippen LogP contribution in [-0.2, 0) is 4.74 Å². The van der Waals surface area contributed by atoms with Crippen molar-refractivity contribution in [1.82, 2.24) is 0 Å². The third-order valence-corrected chi connectivity index (χ3v) is 3.42. The van der Waals surface area contributed by atoms with Crippen molar-refractivity contribution in [2.24, 2.45) is 0 Å². The van der Waals surface area contributed by atoms with E-state index in [0.29, 0.717) is 21.8 Å². The molecule has 0 aliphatic heterocycles. The predicted molar refractivity (Wildman–Crippen MR) is 77.3 cm³/mol. The van der Waals surface area contributed by atoms with Crippen molar-refractivity contribution in [2.75, 3.05) is 12.8 Å². The molecule has 5 heteroatoms. The van der Waals surface area contributed by atoms with Crippen LogP contribution in [0.4, 0.5) is 10.1 Å². The van der Waals surface area contributed by atoms with Gasteiger partial charge in [0.05, 0.1) is 12.7 Å². The van der Waals surface area contributed by atoms with Crippen LogP contribution < -0.4 is 5.73 Å². The van der Waals surface area contributed by atoms with Gasteiger partial charge in [-0.1, -0.05) is 23.7 Å². The molecule has 0 spiro atoms. The Morgan fingerprint density at radius 1 is 1.30 bits per heavy atom. The van der Waals surface area contributed by atoms with Crippen molar-refractivity contribution in [3.8, 4) is 11.1 Å². The van der Waals surface area contributed by atoms with Gasteiger partial charge in [0.2, 0.25) is 0 Å². The summed E-state index contributed by atoms with van der Waals surface area (Å²) in [7, 11) is 1.28. The van der Waals surface area contributed by atoms with Gasteiger partial charge in [0, 0.05) is 16.3 Å². The summed E-state index contributed by atoms with van der Waals surface area (Å²) in [4.78, 5) is 11.6. The monoisotopic (exact) mass is 293 g/mol. The SMILES string of the molecule is COC(=O)c1cc(Cl)c(-c2ccc(F)cc2)c(C)c1N. The van der Waals surface area contributed by atoms with E-state index in [0.717, 1.165) is 5.56 Å². The zero-order valence-electron chi connectivity index (χ0n) is 11.0. The van der Waals surface area contributed by atoms with E-state index in [2.05, 4.69) is 4.74 Å². The number of esters is 1. The number of methoxy groups -OCH3 is 1. The fourth-order valence-electron chi connectivity index (χ4n) is 2.04. The average Bonchev–Trinajstić information content (AvgIpc) is 2.44. The number of halogens is 2. The van der Waals surface area contributed by atoms with Crippen molar-refractivity contribution in [3.63, 3.8) is 0 Å². The first-order valence-electron chi connectivity index (χ1n) is 5.88. The lowest BCUT2D eigenvalue weighted by atomic mass is 9.96. The maximum Gasteiger partial charge on any atom is 0.340 e. The number of hydrogen-bond acceptors (Lipinski definition) is 3. The largest absolute Gasteiger partial charge is 0.465 e. The number of ether oxygens (including phenoxy) is 1. The van der Waals surface area contributed by atoms with Gasteiger partial charge >= 0.3 is 5.97 Å². The van der Waals surface area contributed by atoms with Crippen LogP contribution in [-0.4, -0.2) is 13.1 Å². The summed E-state index contributed by atoms with van der Waals surface area (Å²) in [6.45, 7) is 1.76. The second-order valence-corrected chi connectivity index (χ2v) is 4.73. The third kappa shape index (κ3) is 2.47. The first-order chi connectivity index (χ1) is 9.45. The molecule has 0 bridgehead atoms. The van der Waals surface area contributed by atoms with Gasteiger partial charge in [0.15, 0.2) is 0 Å². The molecule has 0 unspecified atom stereocenters. The molecule has 20 heavy (non-hydrogen) atoms. The van der Waals surface area contributed by atoms with Crippen molar-refractivity contribution in [2.45, 2.75) is 6.92 Å². The number of nitrogen functional groups attached to an aromatic ring is 1. The molecular weight excluding hydrogens is 281 g/mol. The molecule has 2 aromatic carbocycles. The van der Waals surface area contributed by atoms with Gasteiger partial charge < -0.3 is 10.5 Å². The van der Waals surface area contributed by atoms with E-state index in [9.17, 15) is 9.18 Å². The Balaban J connectivity index is 2.64. The maximum absolute atomic E-state index is 13.0. The van der Waals surface area contributed by atoms with E-state index >= 15 is 0 Å². The molecule has 0 saturated carbocycles. The number of hydrogen-bond donors (Lipinski definition) is 1. The van der Waals surface area contributed by atoms with Gasteiger partial charge in [0.1, 0.15) is 5.82 Å². The molecule has 0 radical (unpaired) electrons. The molecule has 104 valence electrons. The molecule has 0 aliphatic carbocycles. The second kappa shape index (κ2) is 5.51. The second-order valence-electron chi connectivity index (χ2n) is 4.32. The van der Waals surface area contributed by atoms with Gasteiger partial charge in [-0.05, 0) is 36.2 Å². The average molecular weight is 294 g/mol. The Bertz CT molecular complexity index is 669. The van der Waals surface area contributed by atoms with Crippen molar-refractivity contribution in [1.29, 1.82) is 0 Å². The van der Waals surface area contributed by atoms with Crippen LogP contribution in [0.5, 0.6) is 0 Å². The molecule has 0 saturated heterocycles. The summed E-state index contributed by atoms with van der Waals surface area (Å²) in [6, 6.07) is 7.38. The number of benzene rings is 2. The normalized spacial score (nSPS) is 10.4. The Labute approximate surface area is 121 Å². The minimum atomic E-state index is -0.543. The van der Waals surface area contributed by atoms with Gasteiger partial charge in [-0.2, -0.15) is 0 Å². The van der Waals surface area contributed by atoms with Crippen LogP contribution in [0.15, 0.2) is 30.3 Å². The van der Waals surface area contributed by atoms with Crippen LogP contribution in [0, 0.1) is 12.7 Å². The molecule has 0 heterocycles. The van der Waals surface area contributed by atoms with Crippen molar-refractivity contribution < 1.29 is 13.9 Å².